The predicted molar refractivity (Wildman–Crippen MR) is 108 cm³/mol. The van der Waals surface area contributed by atoms with Crippen LogP contribution in [0.1, 0.15) is 28.9 Å². The van der Waals surface area contributed by atoms with Crippen LogP contribution in [0.15, 0.2) is 65.8 Å². The minimum absolute atomic E-state index is 0.0445. The first-order valence-corrected chi connectivity index (χ1v) is 10.3. The number of aromatic nitrogens is 2. The minimum Gasteiger partial charge on any atom is -0.345 e. The highest BCUT2D eigenvalue weighted by Crippen LogP contribution is 2.22. The summed E-state index contributed by atoms with van der Waals surface area (Å²) in [6, 6.07) is 15.6. The molecule has 2 N–H and O–H groups in total. The molecule has 3 rings (SSSR count). The van der Waals surface area contributed by atoms with Crippen LogP contribution in [-0.4, -0.2) is 23.9 Å². The Morgan fingerprint density at radius 3 is 2.39 bits per heavy atom. The number of nitrogens with zero attached hydrogens (tertiary/aromatic N) is 2. The largest absolute Gasteiger partial charge is 0.345 e. The Labute approximate surface area is 168 Å². The molecule has 28 heavy (non-hydrogen) atoms. The van der Waals surface area contributed by atoms with Gasteiger partial charge in [-0.3, -0.25) is 9.52 Å². The second-order valence-electron chi connectivity index (χ2n) is 6.18. The number of para-hydroxylation sites is 1. The van der Waals surface area contributed by atoms with E-state index in [0.29, 0.717) is 0 Å². The van der Waals surface area contributed by atoms with Crippen molar-refractivity contribution < 1.29 is 13.2 Å². The van der Waals surface area contributed by atoms with Gasteiger partial charge in [-0.15, -0.1) is 0 Å². The summed E-state index contributed by atoms with van der Waals surface area (Å²) in [4.78, 5) is 16.5. The SMILES string of the molecule is C[C@H](NC(=O)c1ccccc1NS(=O)(=O)c1cnc(Cl)n1C)c1ccccc1. The average molecular weight is 419 g/mol. The number of amides is 1. The summed E-state index contributed by atoms with van der Waals surface area (Å²) in [5, 5.41) is 2.82. The normalized spacial score (nSPS) is 12.4. The Bertz CT molecular complexity index is 1100. The molecule has 9 heteroatoms. The zero-order chi connectivity index (χ0) is 20.3. The van der Waals surface area contributed by atoms with Crippen LogP contribution >= 0.6 is 11.6 Å². The number of anilines is 1. The van der Waals surface area contributed by atoms with Gasteiger partial charge in [-0.05, 0) is 36.2 Å². The van der Waals surface area contributed by atoms with Crippen molar-refractivity contribution in [3.8, 4) is 0 Å². The number of rotatable bonds is 6. The number of sulfonamides is 1. The van der Waals surface area contributed by atoms with Crippen molar-refractivity contribution in [3.05, 3.63) is 77.2 Å². The minimum atomic E-state index is -3.97. The number of hydrogen-bond acceptors (Lipinski definition) is 4. The van der Waals surface area contributed by atoms with Crippen molar-refractivity contribution in [2.24, 2.45) is 7.05 Å². The average Bonchev–Trinajstić information content (AvgIpc) is 3.02. The molecule has 3 aromatic rings. The van der Waals surface area contributed by atoms with Crippen LogP contribution in [0, 0.1) is 0 Å². The van der Waals surface area contributed by atoms with Crippen molar-refractivity contribution >= 4 is 33.2 Å². The molecule has 1 aromatic heterocycles. The first kappa shape index (κ1) is 19.9. The number of imidazole rings is 1. The maximum atomic E-state index is 12.8. The molecule has 0 spiro atoms. The lowest BCUT2D eigenvalue weighted by Gasteiger charge is -2.17. The van der Waals surface area contributed by atoms with Crippen LogP contribution in [0.4, 0.5) is 5.69 Å². The molecule has 0 radical (unpaired) electrons. The highest BCUT2D eigenvalue weighted by molar-refractivity contribution is 7.92. The van der Waals surface area contributed by atoms with Crippen LogP contribution in [0.3, 0.4) is 0 Å². The Hall–Kier alpha value is -2.84. The summed E-state index contributed by atoms with van der Waals surface area (Å²) in [6.45, 7) is 1.86. The number of carbonyl (C=O) groups is 1. The van der Waals surface area contributed by atoms with Gasteiger partial charge in [-0.25, -0.2) is 4.98 Å². The summed E-state index contributed by atoms with van der Waals surface area (Å²) in [6.07, 6.45) is 1.16. The van der Waals surface area contributed by atoms with Crippen molar-refractivity contribution in [2.45, 2.75) is 18.0 Å². The second kappa shape index (κ2) is 8.04. The Morgan fingerprint density at radius 1 is 1.11 bits per heavy atom. The van der Waals surface area contributed by atoms with E-state index in [4.69, 9.17) is 11.6 Å². The molecule has 146 valence electrons. The van der Waals surface area contributed by atoms with Crippen LogP contribution in [0.2, 0.25) is 5.28 Å². The van der Waals surface area contributed by atoms with Crippen LogP contribution in [0.25, 0.3) is 0 Å². The van der Waals surface area contributed by atoms with Crippen molar-refractivity contribution in [3.63, 3.8) is 0 Å². The van der Waals surface area contributed by atoms with E-state index in [2.05, 4.69) is 15.0 Å². The van der Waals surface area contributed by atoms with Gasteiger partial charge in [-0.1, -0.05) is 42.5 Å². The van der Waals surface area contributed by atoms with Gasteiger partial charge in [0.1, 0.15) is 0 Å². The monoisotopic (exact) mass is 418 g/mol. The zero-order valence-electron chi connectivity index (χ0n) is 15.3. The maximum absolute atomic E-state index is 12.8. The first-order chi connectivity index (χ1) is 13.3. The maximum Gasteiger partial charge on any atom is 0.279 e. The topological polar surface area (TPSA) is 93.1 Å². The number of nitrogens with one attached hydrogen (secondary N) is 2. The van der Waals surface area contributed by atoms with Crippen molar-refractivity contribution in [2.75, 3.05) is 4.72 Å². The van der Waals surface area contributed by atoms with E-state index in [1.165, 1.54) is 17.7 Å². The van der Waals surface area contributed by atoms with Crippen LogP contribution in [0.5, 0.6) is 0 Å². The molecule has 1 heterocycles. The fraction of sp³-hybridized carbons (Fsp3) is 0.158. The highest BCUT2D eigenvalue weighted by Gasteiger charge is 2.23. The number of hydrogen-bond donors (Lipinski definition) is 2. The Morgan fingerprint density at radius 2 is 1.75 bits per heavy atom. The zero-order valence-corrected chi connectivity index (χ0v) is 16.8. The van der Waals surface area contributed by atoms with E-state index in [1.54, 1.807) is 18.2 Å². The number of benzene rings is 2. The van der Waals surface area contributed by atoms with Crippen LogP contribution in [-0.2, 0) is 17.1 Å². The molecular weight excluding hydrogens is 400 g/mol. The molecule has 0 aliphatic heterocycles. The van der Waals surface area contributed by atoms with Gasteiger partial charge in [0.05, 0.1) is 23.5 Å². The number of halogens is 1. The molecule has 0 aliphatic rings. The molecular formula is C19H19ClN4O3S. The van der Waals surface area contributed by atoms with Gasteiger partial charge < -0.3 is 9.88 Å². The standard InChI is InChI=1S/C19H19ClN4O3S/c1-13(14-8-4-3-5-9-14)22-18(25)15-10-6-7-11-16(15)23-28(26,27)17-12-21-19(20)24(17)2/h3-13,23H,1-2H3,(H,22,25)/t13-/m0/s1. The molecule has 1 amide bonds. The van der Waals surface area contributed by atoms with E-state index >= 15 is 0 Å². The second-order valence-corrected chi connectivity index (χ2v) is 8.15. The van der Waals surface area contributed by atoms with Crippen molar-refractivity contribution in [1.82, 2.24) is 14.9 Å². The molecule has 0 fully saturated rings. The van der Waals surface area contributed by atoms with E-state index in [1.807, 2.05) is 37.3 Å². The smallest absolute Gasteiger partial charge is 0.279 e. The van der Waals surface area contributed by atoms with Gasteiger partial charge in [0, 0.05) is 7.05 Å². The molecule has 0 aliphatic carbocycles. The Kier molecular flexibility index (Phi) is 5.71. The molecule has 0 saturated heterocycles. The molecule has 1 atom stereocenters. The summed E-state index contributed by atoms with van der Waals surface area (Å²) >= 11 is 5.83. The predicted octanol–water partition coefficient (Wildman–Crippen LogP) is 3.37. The fourth-order valence-electron chi connectivity index (χ4n) is 2.69. The van der Waals surface area contributed by atoms with Gasteiger partial charge in [0.2, 0.25) is 5.28 Å². The third kappa shape index (κ3) is 4.18. The van der Waals surface area contributed by atoms with E-state index < -0.39 is 15.9 Å². The molecule has 7 nitrogen and oxygen atoms in total. The molecule has 0 bridgehead atoms. The highest BCUT2D eigenvalue weighted by atomic mass is 35.5. The number of carbonyl (C=O) groups excluding carboxylic acids is 1. The first-order valence-electron chi connectivity index (χ1n) is 8.44. The van der Waals surface area contributed by atoms with E-state index in [9.17, 15) is 13.2 Å². The lowest BCUT2D eigenvalue weighted by Crippen LogP contribution is -2.28. The van der Waals surface area contributed by atoms with Gasteiger partial charge in [0.15, 0.2) is 5.03 Å². The molecule has 2 aromatic carbocycles. The van der Waals surface area contributed by atoms with Gasteiger partial charge >= 0.3 is 0 Å². The summed E-state index contributed by atoms with van der Waals surface area (Å²) in [5.74, 6) is -0.391. The Balaban J connectivity index is 1.85. The van der Waals surface area contributed by atoms with Gasteiger partial charge in [0.25, 0.3) is 15.9 Å². The molecule has 0 saturated carbocycles. The molecule has 0 unspecified atom stereocenters. The summed E-state index contributed by atoms with van der Waals surface area (Å²) in [5.41, 5.74) is 1.32. The van der Waals surface area contributed by atoms with Crippen molar-refractivity contribution in [1.29, 1.82) is 0 Å². The van der Waals surface area contributed by atoms with E-state index in [-0.39, 0.29) is 27.6 Å². The summed E-state index contributed by atoms with van der Waals surface area (Å²) in [7, 11) is -2.48. The lowest BCUT2D eigenvalue weighted by molar-refractivity contribution is 0.0941. The third-order valence-corrected chi connectivity index (χ3v) is 6.00. The quantitative estimate of drug-likeness (QED) is 0.641. The van der Waals surface area contributed by atoms with Crippen LogP contribution < -0.4 is 10.0 Å². The van der Waals surface area contributed by atoms with E-state index in [0.717, 1.165) is 11.8 Å². The van der Waals surface area contributed by atoms with Gasteiger partial charge in [-0.2, -0.15) is 8.42 Å². The fourth-order valence-corrected chi connectivity index (χ4v) is 4.09. The summed E-state index contributed by atoms with van der Waals surface area (Å²) < 4.78 is 29.1. The lowest BCUT2D eigenvalue weighted by atomic mass is 10.1. The third-order valence-electron chi connectivity index (χ3n) is 4.23.